The van der Waals surface area contributed by atoms with Crippen LogP contribution in [0.15, 0.2) is 12.4 Å². The second-order valence-corrected chi connectivity index (χ2v) is 4.86. The number of nitrogens with zero attached hydrogens (tertiary/aromatic N) is 2. The van der Waals surface area contributed by atoms with E-state index in [1.54, 1.807) is 17.0 Å². The summed E-state index contributed by atoms with van der Waals surface area (Å²) in [5.41, 5.74) is -1.11. The lowest BCUT2D eigenvalue weighted by molar-refractivity contribution is -0.144. The molecular formula is C12H18N4O3. The number of carboxylic acids is 1. The Balaban J connectivity index is 1.90. The first-order valence-electron chi connectivity index (χ1n) is 6.29. The van der Waals surface area contributed by atoms with Crippen molar-refractivity contribution < 1.29 is 14.7 Å². The van der Waals surface area contributed by atoms with Gasteiger partial charge in [0.25, 0.3) is 0 Å². The van der Waals surface area contributed by atoms with Crippen molar-refractivity contribution >= 4 is 12.0 Å². The van der Waals surface area contributed by atoms with Crippen molar-refractivity contribution in [2.75, 3.05) is 0 Å². The molecule has 3 N–H and O–H groups in total. The molecule has 0 aromatic carbocycles. The van der Waals surface area contributed by atoms with E-state index < -0.39 is 17.5 Å². The molecule has 1 saturated carbocycles. The zero-order chi connectivity index (χ0) is 13.9. The second-order valence-electron chi connectivity index (χ2n) is 4.86. The Kier molecular flexibility index (Phi) is 3.73. The van der Waals surface area contributed by atoms with Crippen LogP contribution in [0.3, 0.4) is 0 Å². The first kappa shape index (κ1) is 13.4. The third-order valence-electron chi connectivity index (χ3n) is 3.55. The van der Waals surface area contributed by atoms with Gasteiger partial charge < -0.3 is 20.3 Å². The SMILES string of the molecule is Cn1ccnc1CNC(=O)NC1(C(=O)O)CCCC1. The number of urea groups is 1. The Labute approximate surface area is 111 Å². The molecule has 2 amide bonds. The van der Waals surface area contributed by atoms with Crippen molar-refractivity contribution in [3.8, 4) is 0 Å². The van der Waals surface area contributed by atoms with Crippen molar-refractivity contribution in [3.63, 3.8) is 0 Å². The summed E-state index contributed by atoms with van der Waals surface area (Å²) < 4.78 is 1.79. The normalized spacial score (nSPS) is 17.1. The third-order valence-corrected chi connectivity index (χ3v) is 3.55. The van der Waals surface area contributed by atoms with Gasteiger partial charge in [0.2, 0.25) is 0 Å². The Morgan fingerprint density at radius 3 is 2.68 bits per heavy atom. The molecular weight excluding hydrogens is 248 g/mol. The minimum atomic E-state index is -1.11. The fourth-order valence-electron chi connectivity index (χ4n) is 2.36. The molecule has 7 heteroatoms. The van der Waals surface area contributed by atoms with Crippen molar-refractivity contribution in [1.82, 2.24) is 20.2 Å². The van der Waals surface area contributed by atoms with Crippen LogP contribution in [0.1, 0.15) is 31.5 Å². The van der Waals surface area contributed by atoms with E-state index in [1.807, 2.05) is 7.05 Å². The first-order valence-corrected chi connectivity index (χ1v) is 6.29. The minimum absolute atomic E-state index is 0.269. The number of aryl methyl sites for hydroxylation is 1. The maximum atomic E-state index is 11.8. The van der Waals surface area contributed by atoms with Crippen molar-refractivity contribution in [2.24, 2.45) is 7.05 Å². The highest BCUT2D eigenvalue weighted by Gasteiger charge is 2.42. The number of carbonyl (C=O) groups excluding carboxylic acids is 1. The summed E-state index contributed by atoms with van der Waals surface area (Å²) in [6, 6.07) is -0.465. The average Bonchev–Trinajstić information content (AvgIpc) is 2.97. The molecule has 1 aromatic rings. The van der Waals surface area contributed by atoms with E-state index in [1.165, 1.54) is 0 Å². The third kappa shape index (κ3) is 2.86. The highest BCUT2D eigenvalue weighted by molar-refractivity contribution is 5.86. The molecule has 1 aromatic heterocycles. The van der Waals surface area contributed by atoms with Crippen LogP contribution in [-0.2, 0) is 18.4 Å². The van der Waals surface area contributed by atoms with E-state index in [0.717, 1.165) is 12.8 Å². The summed E-state index contributed by atoms with van der Waals surface area (Å²) in [6.07, 6.45) is 6.05. The van der Waals surface area contributed by atoms with Crippen LogP contribution in [0.2, 0.25) is 0 Å². The lowest BCUT2D eigenvalue weighted by atomic mass is 9.98. The number of aliphatic carboxylic acids is 1. The predicted octanol–water partition coefficient (Wildman–Crippen LogP) is 0.617. The van der Waals surface area contributed by atoms with E-state index in [0.29, 0.717) is 18.7 Å². The van der Waals surface area contributed by atoms with Gasteiger partial charge in [-0.2, -0.15) is 0 Å². The number of hydrogen-bond donors (Lipinski definition) is 3. The molecule has 1 aliphatic carbocycles. The van der Waals surface area contributed by atoms with E-state index >= 15 is 0 Å². The van der Waals surface area contributed by atoms with Gasteiger partial charge in [-0.3, -0.25) is 0 Å². The van der Waals surface area contributed by atoms with Gasteiger partial charge in [0, 0.05) is 19.4 Å². The number of nitrogens with one attached hydrogen (secondary N) is 2. The minimum Gasteiger partial charge on any atom is -0.480 e. The highest BCUT2D eigenvalue weighted by Crippen LogP contribution is 2.29. The van der Waals surface area contributed by atoms with E-state index in [-0.39, 0.29) is 6.54 Å². The van der Waals surface area contributed by atoms with Crippen LogP contribution in [-0.4, -0.2) is 32.2 Å². The van der Waals surface area contributed by atoms with Crippen LogP contribution in [0.25, 0.3) is 0 Å². The van der Waals surface area contributed by atoms with Crippen molar-refractivity contribution in [2.45, 2.75) is 37.8 Å². The van der Waals surface area contributed by atoms with Gasteiger partial charge in [-0.05, 0) is 12.8 Å². The van der Waals surface area contributed by atoms with Crippen molar-refractivity contribution in [3.05, 3.63) is 18.2 Å². The van der Waals surface area contributed by atoms with Gasteiger partial charge in [-0.25, -0.2) is 14.6 Å². The van der Waals surface area contributed by atoms with E-state index in [9.17, 15) is 14.7 Å². The first-order chi connectivity index (χ1) is 9.03. The Hall–Kier alpha value is -2.05. The lowest BCUT2D eigenvalue weighted by Gasteiger charge is -2.25. The number of aromatic nitrogens is 2. The molecule has 0 radical (unpaired) electrons. The van der Waals surface area contributed by atoms with E-state index in [2.05, 4.69) is 15.6 Å². The smallest absolute Gasteiger partial charge is 0.329 e. The van der Waals surface area contributed by atoms with Crippen LogP contribution < -0.4 is 10.6 Å². The molecule has 19 heavy (non-hydrogen) atoms. The summed E-state index contributed by atoms with van der Waals surface area (Å²) in [6.45, 7) is 0.269. The zero-order valence-electron chi connectivity index (χ0n) is 10.8. The molecule has 7 nitrogen and oxygen atoms in total. The van der Waals surface area contributed by atoms with Crippen LogP contribution >= 0.6 is 0 Å². The fourth-order valence-corrected chi connectivity index (χ4v) is 2.36. The number of imidazole rings is 1. The number of carbonyl (C=O) groups is 2. The highest BCUT2D eigenvalue weighted by atomic mass is 16.4. The van der Waals surface area contributed by atoms with Crippen LogP contribution in [0.5, 0.6) is 0 Å². The largest absolute Gasteiger partial charge is 0.480 e. The molecule has 1 aliphatic rings. The van der Waals surface area contributed by atoms with Gasteiger partial charge in [0.05, 0.1) is 6.54 Å². The molecule has 0 atom stereocenters. The fraction of sp³-hybridized carbons (Fsp3) is 0.583. The molecule has 0 spiro atoms. The zero-order valence-corrected chi connectivity index (χ0v) is 10.8. The van der Waals surface area contributed by atoms with Gasteiger partial charge in [0.15, 0.2) is 0 Å². The number of carboxylic acid groups (broad SMARTS) is 1. The molecule has 0 saturated heterocycles. The van der Waals surface area contributed by atoms with Gasteiger partial charge in [-0.1, -0.05) is 12.8 Å². The maximum Gasteiger partial charge on any atom is 0.329 e. The molecule has 0 bridgehead atoms. The monoisotopic (exact) mass is 266 g/mol. The standard InChI is InChI=1S/C12H18N4O3/c1-16-7-6-13-9(16)8-14-11(19)15-12(10(17)18)4-2-3-5-12/h6-7H,2-5,8H2,1H3,(H,17,18)(H2,14,15,19). The average molecular weight is 266 g/mol. The number of hydrogen-bond acceptors (Lipinski definition) is 3. The summed E-state index contributed by atoms with van der Waals surface area (Å²) in [5, 5.41) is 14.5. The lowest BCUT2D eigenvalue weighted by Crippen LogP contribution is -2.55. The Morgan fingerprint density at radius 2 is 2.16 bits per heavy atom. The summed E-state index contributed by atoms with van der Waals surface area (Å²) in [4.78, 5) is 27.2. The molecule has 2 rings (SSSR count). The topological polar surface area (TPSA) is 96.3 Å². The molecule has 1 heterocycles. The van der Waals surface area contributed by atoms with Gasteiger partial charge >= 0.3 is 12.0 Å². The number of rotatable bonds is 4. The van der Waals surface area contributed by atoms with Gasteiger partial charge in [-0.15, -0.1) is 0 Å². The summed E-state index contributed by atoms with van der Waals surface area (Å²) >= 11 is 0. The maximum absolute atomic E-state index is 11.8. The molecule has 104 valence electrons. The molecule has 0 aliphatic heterocycles. The summed E-state index contributed by atoms with van der Waals surface area (Å²) in [5.74, 6) is -0.247. The van der Waals surface area contributed by atoms with Crippen LogP contribution in [0.4, 0.5) is 4.79 Å². The van der Waals surface area contributed by atoms with E-state index in [4.69, 9.17) is 0 Å². The summed E-state index contributed by atoms with van der Waals surface area (Å²) in [7, 11) is 1.83. The second kappa shape index (κ2) is 5.29. The number of amides is 2. The van der Waals surface area contributed by atoms with Crippen LogP contribution in [0, 0.1) is 0 Å². The molecule has 1 fully saturated rings. The molecule has 0 unspecified atom stereocenters. The predicted molar refractivity (Wildman–Crippen MR) is 67.4 cm³/mol. The van der Waals surface area contributed by atoms with Gasteiger partial charge in [0.1, 0.15) is 11.4 Å². The quantitative estimate of drug-likeness (QED) is 0.744. The van der Waals surface area contributed by atoms with Crippen molar-refractivity contribution in [1.29, 1.82) is 0 Å². The Morgan fingerprint density at radius 1 is 1.47 bits per heavy atom. The Bertz CT molecular complexity index is 477.